The largest absolute Gasteiger partial charge is 0.465 e. The van der Waals surface area contributed by atoms with Crippen LogP contribution in [0.2, 0.25) is 0 Å². The zero-order chi connectivity index (χ0) is 14.8. The summed E-state index contributed by atoms with van der Waals surface area (Å²) in [6.07, 6.45) is 0. The van der Waals surface area contributed by atoms with Gasteiger partial charge >= 0.3 is 5.97 Å². The van der Waals surface area contributed by atoms with Gasteiger partial charge in [-0.25, -0.2) is 4.79 Å². The van der Waals surface area contributed by atoms with Gasteiger partial charge in [0.05, 0.1) is 12.7 Å². The highest BCUT2D eigenvalue weighted by Crippen LogP contribution is 2.28. The van der Waals surface area contributed by atoms with Crippen molar-refractivity contribution in [2.75, 3.05) is 45.2 Å². The van der Waals surface area contributed by atoms with E-state index in [2.05, 4.69) is 35.0 Å². The molecule has 1 fully saturated rings. The van der Waals surface area contributed by atoms with Crippen LogP contribution in [0.15, 0.2) is 36.4 Å². The second-order valence-electron chi connectivity index (χ2n) is 5.49. The number of likely N-dealkylation sites (N-methyl/N-ethyl adjacent to an activating group) is 1. The summed E-state index contributed by atoms with van der Waals surface area (Å²) in [4.78, 5) is 16.5. The Morgan fingerprint density at radius 1 is 1.10 bits per heavy atom. The summed E-state index contributed by atoms with van der Waals surface area (Å²) in [6.45, 7) is 4.15. The lowest BCUT2D eigenvalue weighted by atomic mass is 10.0. The lowest BCUT2D eigenvalue weighted by Gasteiger charge is -2.34. The van der Waals surface area contributed by atoms with Crippen LogP contribution in [0.3, 0.4) is 0 Å². The Hall–Kier alpha value is -2.07. The third-order valence-electron chi connectivity index (χ3n) is 4.12. The molecule has 0 aromatic heterocycles. The molecule has 1 heterocycles. The molecule has 2 aromatic rings. The minimum Gasteiger partial charge on any atom is -0.465 e. The van der Waals surface area contributed by atoms with Crippen LogP contribution in [0, 0.1) is 0 Å². The van der Waals surface area contributed by atoms with Crippen LogP contribution < -0.4 is 4.90 Å². The number of esters is 1. The summed E-state index contributed by atoms with van der Waals surface area (Å²) in [6, 6.07) is 12.0. The number of hydrogen-bond donors (Lipinski definition) is 0. The van der Waals surface area contributed by atoms with E-state index in [0.29, 0.717) is 5.56 Å². The van der Waals surface area contributed by atoms with Crippen molar-refractivity contribution < 1.29 is 9.53 Å². The summed E-state index contributed by atoms with van der Waals surface area (Å²) in [5, 5.41) is 2.27. The van der Waals surface area contributed by atoms with E-state index in [9.17, 15) is 4.79 Å². The summed E-state index contributed by atoms with van der Waals surface area (Å²) in [7, 11) is 3.56. The molecule has 4 nitrogen and oxygen atoms in total. The number of piperazine rings is 1. The Morgan fingerprint density at radius 3 is 2.57 bits per heavy atom. The Balaban J connectivity index is 2.03. The van der Waals surface area contributed by atoms with Gasteiger partial charge in [-0.05, 0) is 30.6 Å². The molecule has 1 aliphatic heterocycles. The molecule has 0 amide bonds. The zero-order valence-electron chi connectivity index (χ0n) is 12.5. The lowest BCUT2D eigenvalue weighted by Crippen LogP contribution is -2.44. The van der Waals surface area contributed by atoms with E-state index in [1.807, 2.05) is 18.2 Å². The first-order chi connectivity index (χ1) is 10.2. The monoisotopic (exact) mass is 284 g/mol. The van der Waals surface area contributed by atoms with E-state index < -0.39 is 0 Å². The van der Waals surface area contributed by atoms with Crippen molar-refractivity contribution in [1.82, 2.24) is 4.90 Å². The molecule has 0 radical (unpaired) electrons. The number of ether oxygens (including phenoxy) is 1. The number of rotatable bonds is 2. The average molecular weight is 284 g/mol. The third kappa shape index (κ3) is 2.72. The smallest absolute Gasteiger partial charge is 0.337 e. The number of benzene rings is 2. The van der Waals surface area contributed by atoms with E-state index >= 15 is 0 Å². The Bertz CT molecular complexity index is 661. The molecule has 0 saturated carbocycles. The van der Waals surface area contributed by atoms with Crippen LogP contribution in [0.5, 0.6) is 0 Å². The molecule has 1 aliphatic rings. The summed E-state index contributed by atoms with van der Waals surface area (Å²) < 4.78 is 4.83. The fraction of sp³-hybridized carbons (Fsp3) is 0.353. The van der Waals surface area contributed by atoms with Crippen LogP contribution in [-0.4, -0.2) is 51.2 Å². The van der Waals surface area contributed by atoms with E-state index in [1.54, 1.807) is 0 Å². The molecule has 0 N–H and O–H groups in total. The normalized spacial score (nSPS) is 16.2. The highest BCUT2D eigenvalue weighted by Gasteiger charge is 2.17. The van der Waals surface area contributed by atoms with Gasteiger partial charge in [-0.3, -0.25) is 0 Å². The van der Waals surface area contributed by atoms with E-state index in [-0.39, 0.29) is 5.97 Å². The molecule has 21 heavy (non-hydrogen) atoms. The van der Waals surface area contributed by atoms with Crippen LogP contribution in [-0.2, 0) is 4.74 Å². The van der Waals surface area contributed by atoms with Crippen LogP contribution in [0.4, 0.5) is 5.69 Å². The first-order valence-corrected chi connectivity index (χ1v) is 7.23. The van der Waals surface area contributed by atoms with Crippen molar-refractivity contribution in [2.24, 2.45) is 0 Å². The molecule has 3 rings (SSSR count). The van der Waals surface area contributed by atoms with Gasteiger partial charge in [0, 0.05) is 37.3 Å². The van der Waals surface area contributed by atoms with Gasteiger partial charge in [0.25, 0.3) is 0 Å². The molecule has 0 atom stereocenters. The van der Waals surface area contributed by atoms with Crippen LogP contribution >= 0.6 is 0 Å². The lowest BCUT2D eigenvalue weighted by molar-refractivity contribution is 0.0601. The maximum Gasteiger partial charge on any atom is 0.337 e. The van der Waals surface area contributed by atoms with Crippen molar-refractivity contribution in [1.29, 1.82) is 0 Å². The van der Waals surface area contributed by atoms with Crippen molar-refractivity contribution in [3.8, 4) is 0 Å². The summed E-state index contributed by atoms with van der Waals surface area (Å²) in [5.41, 5.74) is 1.80. The van der Waals surface area contributed by atoms with E-state index in [4.69, 9.17) is 4.74 Å². The van der Waals surface area contributed by atoms with Crippen molar-refractivity contribution >= 4 is 22.4 Å². The number of nitrogens with zero attached hydrogens (tertiary/aromatic N) is 2. The van der Waals surface area contributed by atoms with Crippen LogP contribution in [0.1, 0.15) is 10.4 Å². The number of hydrogen-bond acceptors (Lipinski definition) is 4. The molecular formula is C17H20N2O2. The Morgan fingerprint density at radius 2 is 1.86 bits per heavy atom. The second-order valence-corrected chi connectivity index (χ2v) is 5.49. The molecule has 0 bridgehead atoms. The summed E-state index contributed by atoms with van der Waals surface area (Å²) in [5.74, 6) is -0.287. The molecule has 2 aromatic carbocycles. The van der Waals surface area contributed by atoms with Gasteiger partial charge in [0.2, 0.25) is 0 Å². The predicted molar refractivity (Wildman–Crippen MR) is 85.0 cm³/mol. The van der Waals surface area contributed by atoms with Crippen molar-refractivity contribution in [3.05, 3.63) is 42.0 Å². The molecule has 0 unspecified atom stereocenters. The maximum absolute atomic E-state index is 11.7. The highest BCUT2D eigenvalue weighted by atomic mass is 16.5. The minimum atomic E-state index is -0.287. The Labute approximate surface area is 124 Å². The second kappa shape index (κ2) is 5.74. The number of methoxy groups -OCH3 is 1. The molecule has 4 heteroatoms. The number of carbonyl (C=O) groups is 1. The fourth-order valence-electron chi connectivity index (χ4n) is 2.82. The Kier molecular flexibility index (Phi) is 3.80. The molecule has 1 saturated heterocycles. The maximum atomic E-state index is 11.7. The SMILES string of the molecule is COC(=O)c1ccc2cccc(N3CCN(C)CC3)c2c1. The van der Waals surface area contributed by atoms with E-state index in [0.717, 1.165) is 37.0 Å². The van der Waals surface area contributed by atoms with E-state index in [1.165, 1.54) is 12.8 Å². The van der Waals surface area contributed by atoms with Crippen molar-refractivity contribution in [2.45, 2.75) is 0 Å². The average Bonchev–Trinajstić information content (AvgIpc) is 2.54. The molecular weight excluding hydrogens is 264 g/mol. The third-order valence-corrected chi connectivity index (χ3v) is 4.12. The predicted octanol–water partition coefficient (Wildman–Crippen LogP) is 2.38. The standard InChI is InChI=1S/C17H20N2O2/c1-18-8-10-19(11-9-18)16-5-3-4-13-6-7-14(12-15(13)16)17(20)21-2/h3-7,12H,8-11H2,1-2H3. The first-order valence-electron chi connectivity index (χ1n) is 7.23. The molecule has 110 valence electrons. The molecule has 0 spiro atoms. The van der Waals surface area contributed by atoms with Gasteiger partial charge in [0.1, 0.15) is 0 Å². The van der Waals surface area contributed by atoms with Gasteiger partial charge < -0.3 is 14.5 Å². The number of carbonyl (C=O) groups excluding carboxylic acids is 1. The fourth-order valence-corrected chi connectivity index (χ4v) is 2.82. The minimum absolute atomic E-state index is 0.287. The topological polar surface area (TPSA) is 32.8 Å². The molecule has 0 aliphatic carbocycles. The van der Waals surface area contributed by atoms with Gasteiger partial charge in [-0.1, -0.05) is 18.2 Å². The number of anilines is 1. The summed E-state index contributed by atoms with van der Waals surface area (Å²) >= 11 is 0. The number of fused-ring (bicyclic) bond motifs is 1. The highest BCUT2D eigenvalue weighted by molar-refractivity contribution is 6.00. The van der Waals surface area contributed by atoms with Gasteiger partial charge in [-0.15, -0.1) is 0 Å². The zero-order valence-corrected chi connectivity index (χ0v) is 12.5. The van der Waals surface area contributed by atoms with Crippen molar-refractivity contribution in [3.63, 3.8) is 0 Å². The van der Waals surface area contributed by atoms with Crippen LogP contribution in [0.25, 0.3) is 10.8 Å². The van der Waals surface area contributed by atoms with Gasteiger partial charge in [-0.2, -0.15) is 0 Å². The quantitative estimate of drug-likeness (QED) is 0.793. The van der Waals surface area contributed by atoms with Gasteiger partial charge in [0.15, 0.2) is 0 Å². The first kappa shape index (κ1) is 13.9.